The van der Waals surface area contributed by atoms with E-state index in [0.29, 0.717) is 18.5 Å². The van der Waals surface area contributed by atoms with Crippen LogP contribution in [0.1, 0.15) is 39.5 Å². The number of nitrogens with one attached hydrogen (secondary N) is 1. The summed E-state index contributed by atoms with van der Waals surface area (Å²) in [4.78, 5) is 4.26. The van der Waals surface area contributed by atoms with Crippen LogP contribution in [0.3, 0.4) is 0 Å². The van der Waals surface area contributed by atoms with Gasteiger partial charge in [0.25, 0.3) is 0 Å². The molecule has 1 aromatic heterocycles. The van der Waals surface area contributed by atoms with Gasteiger partial charge in [-0.15, -0.1) is 0 Å². The standard InChI is InChI=1S/C14H22N2O/c1-3-17-14-9-8-13(10-15-14)16-12-6-4-11(2)5-7-12/h8-12,16H,3-7H2,1-2H3. The summed E-state index contributed by atoms with van der Waals surface area (Å²) in [6.07, 6.45) is 7.08. The minimum absolute atomic E-state index is 0.617. The van der Waals surface area contributed by atoms with Crippen molar-refractivity contribution in [2.45, 2.75) is 45.6 Å². The molecule has 1 heterocycles. The Hall–Kier alpha value is -1.25. The van der Waals surface area contributed by atoms with E-state index >= 15 is 0 Å². The Balaban J connectivity index is 1.86. The lowest BCUT2D eigenvalue weighted by Gasteiger charge is -2.27. The summed E-state index contributed by atoms with van der Waals surface area (Å²) in [5.74, 6) is 1.60. The van der Waals surface area contributed by atoms with E-state index in [0.717, 1.165) is 11.6 Å². The highest BCUT2D eigenvalue weighted by molar-refractivity contribution is 5.43. The highest BCUT2D eigenvalue weighted by atomic mass is 16.5. The van der Waals surface area contributed by atoms with Gasteiger partial charge in [0, 0.05) is 12.1 Å². The van der Waals surface area contributed by atoms with Crippen LogP contribution in [0, 0.1) is 5.92 Å². The molecule has 94 valence electrons. The van der Waals surface area contributed by atoms with E-state index in [1.54, 1.807) is 0 Å². The molecule has 3 nitrogen and oxygen atoms in total. The van der Waals surface area contributed by atoms with Gasteiger partial charge in [0.05, 0.1) is 18.5 Å². The normalized spacial score (nSPS) is 24.4. The number of ether oxygens (including phenoxy) is 1. The average molecular weight is 234 g/mol. The molecular weight excluding hydrogens is 212 g/mol. The van der Waals surface area contributed by atoms with E-state index in [-0.39, 0.29) is 0 Å². The zero-order valence-electron chi connectivity index (χ0n) is 10.8. The van der Waals surface area contributed by atoms with Crippen LogP contribution in [0.5, 0.6) is 5.88 Å². The second-order valence-electron chi connectivity index (χ2n) is 4.92. The number of hydrogen-bond donors (Lipinski definition) is 1. The first kappa shape index (κ1) is 12.2. The molecule has 1 aromatic rings. The van der Waals surface area contributed by atoms with Crippen molar-refractivity contribution >= 4 is 5.69 Å². The zero-order chi connectivity index (χ0) is 12.1. The van der Waals surface area contributed by atoms with Crippen molar-refractivity contribution in [2.24, 2.45) is 5.92 Å². The number of aromatic nitrogens is 1. The van der Waals surface area contributed by atoms with Gasteiger partial charge in [-0.25, -0.2) is 4.98 Å². The van der Waals surface area contributed by atoms with E-state index < -0.39 is 0 Å². The fourth-order valence-electron chi connectivity index (χ4n) is 2.34. The molecule has 1 saturated carbocycles. The SMILES string of the molecule is CCOc1ccc(NC2CCC(C)CC2)cn1. The van der Waals surface area contributed by atoms with Gasteiger partial charge in [-0.2, -0.15) is 0 Å². The maximum atomic E-state index is 5.33. The molecule has 1 aliphatic carbocycles. The minimum atomic E-state index is 0.617. The molecule has 0 amide bonds. The van der Waals surface area contributed by atoms with Gasteiger partial charge in [-0.3, -0.25) is 0 Å². The Kier molecular flexibility index (Phi) is 4.24. The predicted molar refractivity (Wildman–Crippen MR) is 70.4 cm³/mol. The summed E-state index contributed by atoms with van der Waals surface area (Å²) in [6, 6.07) is 4.60. The second-order valence-corrected chi connectivity index (χ2v) is 4.92. The second kappa shape index (κ2) is 5.89. The zero-order valence-corrected chi connectivity index (χ0v) is 10.8. The predicted octanol–water partition coefficient (Wildman–Crippen LogP) is 3.47. The van der Waals surface area contributed by atoms with Gasteiger partial charge < -0.3 is 10.1 Å². The molecule has 0 unspecified atom stereocenters. The van der Waals surface area contributed by atoms with Crippen LogP contribution >= 0.6 is 0 Å². The van der Waals surface area contributed by atoms with Crippen LogP contribution < -0.4 is 10.1 Å². The molecule has 17 heavy (non-hydrogen) atoms. The fourth-order valence-corrected chi connectivity index (χ4v) is 2.34. The lowest BCUT2D eigenvalue weighted by molar-refractivity contribution is 0.327. The van der Waals surface area contributed by atoms with Crippen molar-refractivity contribution in [3.05, 3.63) is 18.3 Å². The van der Waals surface area contributed by atoms with Crippen molar-refractivity contribution in [1.29, 1.82) is 0 Å². The minimum Gasteiger partial charge on any atom is -0.478 e. The van der Waals surface area contributed by atoms with Crippen LogP contribution in [0.15, 0.2) is 18.3 Å². The molecule has 2 rings (SSSR count). The molecule has 3 heteroatoms. The Morgan fingerprint density at radius 3 is 2.65 bits per heavy atom. The maximum absolute atomic E-state index is 5.33. The van der Waals surface area contributed by atoms with Crippen molar-refractivity contribution in [3.63, 3.8) is 0 Å². The first-order valence-corrected chi connectivity index (χ1v) is 6.63. The van der Waals surface area contributed by atoms with Crippen LogP contribution in [-0.4, -0.2) is 17.6 Å². The number of nitrogens with zero attached hydrogens (tertiary/aromatic N) is 1. The fraction of sp³-hybridized carbons (Fsp3) is 0.643. The average Bonchev–Trinajstić information content (AvgIpc) is 2.35. The van der Waals surface area contributed by atoms with E-state index in [9.17, 15) is 0 Å². The first-order valence-electron chi connectivity index (χ1n) is 6.63. The van der Waals surface area contributed by atoms with Crippen molar-refractivity contribution < 1.29 is 4.74 Å². The van der Waals surface area contributed by atoms with Crippen LogP contribution in [0.25, 0.3) is 0 Å². The largest absolute Gasteiger partial charge is 0.478 e. The summed E-state index contributed by atoms with van der Waals surface area (Å²) in [6.45, 7) is 4.98. The Labute approximate surface area is 104 Å². The number of hydrogen-bond acceptors (Lipinski definition) is 3. The summed E-state index contributed by atoms with van der Waals surface area (Å²) in [5.41, 5.74) is 1.10. The summed E-state index contributed by atoms with van der Waals surface area (Å²) in [5, 5.41) is 3.55. The monoisotopic (exact) mass is 234 g/mol. The number of rotatable bonds is 4. The molecule has 1 fully saturated rings. The molecule has 0 atom stereocenters. The molecule has 0 aliphatic heterocycles. The lowest BCUT2D eigenvalue weighted by atomic mass is 9.87. The highest BCUT2D eigenvalue weighted by Crippen LogP contribution is 2.26. The van der Waals surface area contributed by atoms with Gasteiger partial charge in [-0.1, -0.05) is 6.92 Å². The van der Waals surface area contributed by atoms with E-state index in [1.807, 2.05) is 19.2 Å². The highest BCUT2D eigenvalue weighted by Gasteiger charge is 2.17. The van der Waals surface area contributed by atoms with Crippen LogP contribution in [0.2, 0.25) is 0 Å². The van der Waals surface area contributed by atoms with Gasteiger partial charge >= 0.3 is 0 Å². The maximum Gasteiger partial charge on any atom is 0.213 e. The molecule has 0 spiro atoms. The summed E-state index contributed by atoms with van der Waals surface area (Å²) in [7, 11) is 0. The molecule has 0 saturated heterocycles. The topological polar surface area (TPSA) is 34.1 Å². The molecule has 1 aliphatic rings. The quantitative estimate of drug-likeness (QED) is 0.866. The van der Waals surface area contributed by atoms with Gasteiger partial charge in [-0.05, 0) is 44.6 Å². The molecule has 0 radical (unpaired) electrons. The molecule has 1 N–H and O–H groups in total. The van der Waals surface area contributed by atoms with Crippen molar-refractivity contribution in [2.75, 3.05) is 11.9 Å². The van der Waals surface area contributed by atoms with Gasteiger partial charge in [0.15, 0.2) is 0 Å². The van der Waals surface area contributed by atoms with E-state index in [4.69, 9.17) is 4.74 Å². The van der Waals surface area contributed by atoms with Crippen LogP contribution in [-0.2, 0) is 0 Å². The smallest absolute Gasteiger partial charge is 0.213 e. The van der Waals surface area contributed by atoms with Crippen LogP contribution in [0.4, 0.5) is 5.69 Å². The van der Waals surface area contributed by atoms with Gasteiger partial charge in [0.1, 0.15) is 0 Å². The van der Waals surface area contributed by atoms with Crippen molar-refractivity contribution in [1.82, 2.24) is 4.98 Å². The third-order valence-corrected chi connectivity index (χ3v) is 3.42. The molecule has 0 aromatic carbocycles. The Bertz CT molecular complexity index is 329. The summed E-state index contributed by atoms with van der Waals surface area (Å²) < 4.78 is 5.33. The summed E-state index contributed by atoms with van der Waals surface area (Å²) >= 11 is 0. The van der Waals surface area contributed by atoms with E-state index in [2.05, 4.69) is 23.3 Å². The molecular formula is C14H22N2O. The Morgan fingerprint density at radius 1 is 1.29 bits per heavy atom. The first-order chi connectivity index (χ1) is 8.28. The van der Waals surface area contributed by atoms with Gasteiger partial charge in [0.2, 0.25) is 5.88 Å². The van der Waals surface area contributed by atoms with E-state index in [1.165, 1.54) is 25.7 Å². The number of anilines is 1. The third kappa shape index (κ3) is 3.62. The molecule has 0 bridgehead atoms. The Morgan fingerprint density at radius 2 is 2.06 bits per heavy atom. The van der Waals surface area contributed by atoms with Crippen molar-refractivity contribution in [3.8, 4) is 5.88 Å². The lowest BCUT2D eigenvalue weighted by Crippen LogP contribution is -2.25. The third-order valence-electron chi connectivity index (χ3n) is 3.42. The number of pyridine rings is 1.